The third-order valence-electron chi connectivity index (χ3n) is 3.06. The molecular formula is C14H19O. The summed E-state index contributed by atoms with van der Waals surface area (Å²) in [6.45, 7) is 2.24. The Balaban J connectivity index is 1.88. The largest absolute Gasteiger partial charge is 0.490 e. The first-order chi connectivity index (χ1) is 7.40. The summed E-state index contributed by atoms with van der Waals surface area (Å²) in [6.07, 6.45) is 7.92. The van der Waals surface area contributed by atoms with E-state index in [9.17, 15) is 0 Å². The Morgan fingerprint density at radius 3 is 3.27 bits per heavy atom. The van der Waals surface area contributed by atoms with Crippen molar-refractivity contribution in [2.75, 3.05) is 0 Å². The molecule has 0 saturated heterocycles. The fourth-order valence-electron chi connectivity index (χ4n) is 2.14. The SMILES string of the molecule is CCCCCC1CCc2c[c]ccc2O1. The monoisotopic (exact) mass is 203 g/mol. The van der Waals surface area contributed by atoms with Crippen molar-refractivity contribution in [3.63, 3.8) is 0 Å². The maximum atomic E-state index is 5.96. The molecule has 1 unspecified atom stereocenters. The molecule has 0 bridgehead atoms. The maximum Gasteiger partial charge on any atom is 0.122 e. The van der Waals surface area contributed by atoms with E-state index in [1.165, 1.54) is 37.7 Å². The van der Waals surface area contributed by atoms with Gasteiger partial charge in [0.2, 0.25) is 0 Å². The fraction of sp³-hybridized carbons (Fsp3) is 0.571. The summed E-state index contributed by atoms with van der Waals surface area (Å²) in [7, 11) is 0. The fourth-order valence-corrected chi connectivity index (χ4v) is 2.14. The van der Waals surface area contributed by atoms with Crippen LogP contribution in [0.4, 0.5) is 0 Å². The number of benzene rings is 1. The molecule has 1 heterocycles. The Bertz CT molecular complexity index is 306. The molecule has 1 radical (unpaired) electrons. The number of hydrogen-bond acceptors (Lipinski definition) is 1. The highest BCUT2D eigenvalue weighted by molar-refractivity contribution is 5.34. The van der Waals surface area contributed by atoms with Gasteiger partial charge in [0.1, 0.15) is 5.75 Å². The van der Waals surface area contributed by atoms with Crippen LogP contribution < -0.4 is 4.74 Å². The second kappa shape index (κ2) is 5.20. The van der Waals surface area contributed by atoms with Crippen LogP contribution in [0, 0.1) is 6.07 Å². The van der Waals surface area contributed by atoms with Crippen LogP contribution in [0.3, 0.4) is 0 Å². The van der Waals surface area contributed by atoms with E-state index < -0.39 is 0 Å². The minimum atomic E-state index is 0.450. The third kappa shape index (κ3) is 2.74. The zero-order chi connectivity index (χ0) is 10.5. The Labute approximate surface area is 92.5 Å². The Morgan fingerprint density at radius 1 is 1.47 bits per heavy atom. The Hall–Kier alpha value is -0.980. The van der Waals surface area contributed by atoms with E-state index in [1.54, 1.807) is 0 Å². The standard InChI is InChI=1S/C14H19O/c1-2-3-4-8-13-11-10-12-7-5-6-9-14(12)15-13/h6-7,9,13H,2-4,8,10-11H2,1H3. The van der Waals surface area contributed by atoms with Crippen molar-refractivity contribution < 1.29 is 4.74 Å². The summed E-state index contributed by atoms with van der Waals surface area (Å²) in [5.74, 6) is 1.08. The van der Waals surface area contributed by atoms with Gasteiger partial charge in [-0.05, 0) is 49.4 Å². The van der Waals surface area contributed by atoms with Crippen LogP contribution in [-0.2, 0) is 6.42 Å². The topological polar surface area (TPSA) is 9.23 Å². The van der Waals surface area contributed by atoms with E-state index >= 15 is 0 Å². The van der Waals surface area contributed by atoms with E-state index in [2.05, 4.69) is 19.1 Å². The summed E-state index contributed by atoms with van der Waals surface area (Å²) in [5.41, 5.74) is 1.32. The van der Waals surface area contributed by atoms with E-state index in [4.69, 9.17) is 4.74 Å². The van der Waals surface area contributed by atoms with Crippen molar-refractivity contribution in [1.82, 2.24) is 0 Å². The van der Waals surface area contributed by atoms with Crippen molar-refractivity contribution in [2.24, 2.45) is 0 Å². The van der Waals surface area contributed by atoms with Gasteiger partial charge < -0.3 is 4.74 Å². The van der Waals surface area contributed by atoms with Crippen LogP contribution in [0.25, 0.3) is 0 Å². The smallest absolute Gasteiger partial charge is 0.122 e. The van der Waals surface area contributed by atoms with Gasteiger partial charge in [0.15, 0.2) is 0 Å². The second-order valence-corrected chi connectivity index (χ2v) is 4.31. The molecule has 0 aliphatic carbocycles. The molecule has 1 atom stereocenters. The molecule has 1 aromatic carbocycles. The van der Waals surface area contributed by atoms with Crippen LogP contribution in [0.15, 0.2) is 18.2 Å². The van der Waals surface area contributed by atoms with Gasteiger partial charge in [-0.2, -0.15) is 0 Å². The molecule has 1 nitrogen and oxygen atoms in total. The van der Waals surface area contributed by atoms with Crippen molar-refractivity contribution in [3.8, 4) is 5.75 Å². The first kappa shape index (κ1) is 10.5. The predicted molar refractivity (Wildman–Crippen MR) is 62.2 cm³/mol. The van der Waals surface area contributed by atoms with Gasteiger partial charge in [0.05, 0.1) is 6.10 Å². The highest BCUT2D eigenvalue weighted by Gasteiger charge is 2.18. The molecule has 0 spiro atoms. The summed E-state index contributed by atoms with van der Waals surface area (Å²) in [5, 5.41) is 0. The number of ether oxygens (including phenoxy) is 1. The van der Waals surface area contributed by atoms with Gasteiger partial charge in [-0.15, -0.1) is 0 Å². The molecule has 0 aromatic heterocycles. The quantitative estimate of drug-likeness (QED) is 0.677. The lowest BCUT2D eigenvalue weighted by atomic mass is 9.99. The van der Waals surface area contributed by atoms with E-state index in [0.29, 0.717) is 6.10 Å². The van der Waals surface area contributed by atoms with E-state index in [1.807, 2.05) is 12.1 Å². The van der Waals surface area contributed by atoms with Crippen LogP contribution >= 0.6 is 0 Å². The molecule has 0 fully saturated rings. The van der Waals surface area contributed by atoms with Crippen LogP contribution in [0.1, 0.15) is 44.6 Å². The highest BCUT2D eigenvalue weighted by Crippen LogP contribution is 2.28. The van der Waals surface area contributed by atoms with Crippen LogP contribution in [0.5, 0.6) is 5.75 Å². The van der Waals surface area contributed by atoms with Crippen LogP contribution in [-0.4, -0.2) is 6.10 Å². The van der Waals surface area contributed by atoms with Gasteiger partial charge >= 0.3 is 0 Å². The molecule has 2 rings (SSSR count). The zero-order valence-electron chi connectivity index (χ0n) is 9.46. The molecule has 0 N–H and O–H groups in total. The molecule has 1 aromatic rings. The normalized spacial score (nSPS) is 19.4. The number of aryl methyl sites for hydroxylation is 1. The van der Waals surface area contributed by atoms with Gasteiger partial charge in [0, 0.05) is 0 Å². The van der Waals surface area contributed by atoms with E-state index in [0.717, 1.165) is 12.2 Å². The average Bonchev–Trinajstić information content (AvgIpc) is 2.29. The van der Waals surface area contributed by atoms with Crippen molar-refractivity contribution in [2.45, 2.75) is 51.6 Å². The number of fused-ring (bicyclic) bond motifs is 1. The first-order valence-corrected chi connectivity index (χ1v) is 6.06. The summed E-state index contributed by atoms with van der Waals surface area (Å²) in [4.78, 5) is 0. The second-order valence-electron chi connectivity index (χ2n) is 4.31. The summed E-state index contributed by atoms with van der Waals surface area (Å²) < 4.78 is 5.96. The van der Waals surface area contributed by atoms with Crippen molar-refractivity contribution in [3.05, 3.63) is 29.8 Å². The van der Waals surface area contributed by atoms with Gasteiger partial charge in [-0.1, -0.05) is 25.8 Å². The minimum absolute atomic E-state index is 0.450. The van der Waals surface area contributed by atoms with E-state index in [-0.39, 0.29) is 0 Å². The zero-order valence-corrected chi connectivity index (χ0v) is 9.46. The maximum absolute atomic E-state index is 5.96. The van der Waals surface area contributed by atoms with Gasteiger partial charge in [-0.25, -0.2) is 0 Å². The predicted octanol–water partition coefficient (Wildman–Crippen LogP) is 3.76. The molecule has 1 aliphatic rings. The number of rotatable bonds is 4. The molecule has 15 heavy (non-hydrogen) atoms. The highest BCUT2D eigenvalue weighted by atomic mass is 16.5. The molecule has 0 saturated carbocycles. The molecular weight excluding hydrogens is 184 g/mol. The molecule has 1 heteroatoms. The lowest BCUT2D eigenvalue weighted by Crippen LogP contribution is -2.22. The lowest BCUT2D eigenvalue weighted by Gasteiger charge is -2.25. The summed E-state index contributed by atoms with van der Waals surface area (Å²) in [6, 6.07) is 9.14. The summed E-state index contributed by atoms with van der Waals surface area (Å²) >= 11 is 0. The molecule has 0 amide bonds. The molecule has 1 aliphatic heterocycles. The number of unbranched alkanes of at least 4 members (excludes halogenated alkanes) is 2. The van der Waals surface area contributed by atoms with Crippen LogP contribution in [0.2, 0.25) is 0 Å². The lowest BCUT2D eigenvalue weighted by molar-refractivity contribution is 0.160. The Kier molecular flexibility index (Phi) is 3.65. The first-order valence-electron chi connectivity index (χ1n) is 6.06. The minimum Gasteiger partial charge on any atom is -0.490 e. The third-order valence-corrected chi connectivity index (χ3v) is 3.06. The Morgan fingerprint density at radius 2 is 2.40 bits per heavy atom. The van der Waals surface area contributed by atoms with Gasteiger partial charge in [-0.3, -0.25) is 0 Å². The van der Waals surface area contributed by atoms with Gasteiger partial charge in [0.25, 0.3) is 0 Å². The van der Waals surface area contributed by atoms with Crippen molar-refractivity contribution >= 4 is 0 Å². The average molecular weight is 203 g/mol. The number of hydrogen-bond donors (Lipinski definition) is 0. The van der Waals surface area contributed by atoms with Crippen molar-refractivity contribution in [1.29, 1.82) is 0 Å². The molecule has 81 valence electrons.